The Hall–Kier alpha value is -2.76. The molecule has 2 atom stereocenters. The van der Waals surface area contributed by atoms with Gasteiger partial charge >= 0.3 is 0 Å². The van der Waals surface area contributed by atoms with Gasteiger partial charge in [0.25, 0.3) is 0 Å². The molecule has 1 aromatic rings. The minimum Gasteiger partial charge on any atom is -0.507 e. The van der Waals surface area contributed by atoms with Gasteiger partial charge in [0, 0.05) is 11.1 Å². The van der Waals surface area contributed by atoms with Crippen LogP contribution in [0.5, 0.6) is 11.5 Å². The van der Waals surface area contributed by atoms with Gasteiger partial charge in [-0.1, -0.05) is 0 Å². The Morgan fingerprint density at radius 2 is 1.76 bits per heavy atom. The van der Waals surface area contributed by atoms with Crippen LogP contribution >= 0.6 is 0 Å². The number of ketones is 4. The van der Waals surface area contributed by atoms with Gasteiger partial charge in [-0.15, -0.1) is 0 Å². The van der Waals surface area contributed by atoms with Gasteiger partial charge in [0.15, 0.2) is 17.3 Å². The van der Waals surface area contributed by atoms with Crippen LogP contribution in [0.15, 0.2) is 11.6 Å². The topological polar surface area (TPSA) is 109 Å². The molecule has 2 aliphatic carbocycles. The predicted molar refractivity (Wildman–Crippen MR) is 87.8 cm³/mol. The van der Waals surface area contributed by atoms with Crippen LogP contribution in [0, 0.1) is 12.8 Å². The fourth-order valence-corrected chi connectivity index (χ4v) is 4.06. The van der Waals surface area contributed by atoms with Crippen molar-refractivity contribution in [1.29, 1.82) is 0 Å². The van der Waals surface area contributed by atoms with Crippen molar-refractivity contribution in [2.75, 3.05) is 0 Å². The number of carbonyl (C=O) groups excluding carboxylic acids is 4. The van der Waals surface area contributed by atoms with Crippen LogP contribution in [-0.2, 0) is 26.2 Å². The standard InChI is InChI=1S/C19H18O6/c1-7-16(23)13(8(2)20)11-5-10-6-12(22)14(9(3)21)18(25)19(10,4)15(11)17(7)24/h6,14,23-24H,5H2,1-4H3. The van der Waals surface area contributed by atoms with E-state index in [4.69, 9.17) is 0 Å². The Balaban J connectivity index is 2.41. The number of rotatable bonds is 2. The lowest BCUT2D eigenvalue weighted by Crippen LogP contribution is -2.46. The number of carbonyl (C=O) groups is 4. The molecule has 25 heavy (non-hydrogen) atoms. The number of aromatic hydroxyl groups is 2. The summed E-state index contributed by atoms with van der Waals surface area (Å²) in [5.41, 5.74) is -0.253. The monoisotopic (exact) mass is 342 g/mol. The van der Waals surface area contributed by atoms with E-state index in [0.717, 1.165) is 0 Å². The van der Waals surface area contributed by atoms with Crippen LogP contribution in [0.4, 0.5) is 0 Å². The van der Waals surface area contributed by atoms with Crippen LogP contribution in [0.3, 0.4) is 0 Å². The molecule has 0 saturated heterocycles. The summed E-state index contributed by atoms with van der Waals surface area (Å²) in [6, 6.07) is 0. The molecule has 0 amide bonds. The summed E-state index contributed by atoms with van der Waals surface area (Å²) in [6.07, 6.45) is 1.35. The van der Waals surface area contributed by atoms with Crippen molar-refractivity contribution >= 4 is 23.1 Å². The third kappa shape index (κ3) is 1.97. The van der Waals surface area contributed by atoms with Crippen molar-refractivity contribution in [3.05, 3.63) is 33.9 Å². The molecule has 0 bridgehead atoms. The zero-order valence-electron chi connectivity index (χ0n) is 14.4. The summed E-state index contributed by atoms with van der Waals surface area (Å²) >= 11 is 0. The summed E-state index contributed by atoms with van der Waals surface area (Å²) in [4.78, 5) is 49.1. The second-order valence-electron chi connectivity index (χ2n) is 6.89. The Bertz CT molecular complexity index is 921. The van der Waals surface area contributed by atoms with Crippen molar-refractivity contribution in [1.82, 2.24) is 0 Å². The van der Waals surface area contributed by atoms with Crippen LogP contribution < -0.4 is 0 Å². The summed E-state index contributed by atoms with van der Waals surface area (Å²) in [6.45, 7) is 5.47. The molecule has 0 radical (unpaired) electrons. The normalized spacial score (nSPS) is 24.6. The summed E-state index contributed by atoms with van der Waals surface area (Å²) in [5, 5.41) is 20.9. The van der Waals surface area contributed by atoms with Crippen LogP contribution in [0.2, 0.25) is 0 Å². The van der Waals surface area contributed by atoms with E-state index in [9.17, 15) is 29.4 Å². The highest BCUT2D eigenvalue weighted by Gasteiger charge is 2.55. The third-order valence-corrected chi connectivity index (χ3v) is 5.41. The highest BCUT2D eigenvalue weighted by molar-refractivity contribution is 6.28. The molecule has 0 fully saturated rings. The number of phenols is 2. The van der Waals surface area contributed by atoms with E-state index in [1.165, 1.54) is 26.8 Å². The molecular formula is C19H18O6. The van der Waals surface area contributed by atoms with E-state index < -0.39 is 34.5 Å². The molecule has 1 aromatic carbocycles. The molecule has 6 heteroatoms. The number of benzene rings is 1. The average Bonchev–Trinajstić information content (AvgIpc) is 2.78. The molecule has 3 rings (SSSR count). The highest BCUT2D eigenvalue weighted by atomic mass is 16.3. The zero-order valence-corrected chi connectivity index (χ0v) is 14.4. The molecule has 2 unspecified atom stereocenters. The lowest BCUT2D eigenvalue weighted by molar-refractivity contribution is -0.140. The lowest BCUT2D eigenvalue weighted by Gasteiger charge is -2.33. The Kier molecular flexibility index (Phi) is 3.49. The van der Waals surface area contributed by atoms with E-state index in [1.807, 2.05) is 0 Å². The molecule has 0 saturated carbocycles. The van der Waals surface area contributed by atoms with E-state index in [2.05, 4.69) is 0 Å². The average molecular weight is 342 g/mol. The number of Topliss-reactive ketones (excluding diaryl/α,β-unsaturated/α-hetero) is 3. The van der Waals surface area contributed by atoms with E-state index in [-0.39, 0.29) is 34.6 Å². The highest BCUT2D eigenvalue weighted by Crippen LogP contribution is 2.54. The first-order valence-corrected chi connectivity index (χ1v) is 7.91. The first kappa shape index (κ1) is 17.1. The number of phenolic OH excluding ortho intramolecular Hbond substituents is 2. The molecule has 0 heterocycles. The fourth-order valence-electron chi connectivity index (χ4n) is 4.06. The summed E-state index contributed by atoms with van der Waals surface area (Å²) < 4.78 is 0. The van der Waals surface area contributed by atoms with Gasteiger partial charge in [-0.3, -0.25) is 19.2 Å². The number of hydrogen-bond acceptors (Lipinski definition) is 6. The SMILES string of the molecule is CC(=O)c1c(O)c(C)c(O)c2c1CC1=CC(=O)C(C(C)=O)C(=O)C12C. The van der Waals surface area contributed by atoms with Gasteiger partial charge in [-0.05, 0) is 51.3 Å². The van der Waals surface area contributed by atoms with Crippen LogP contribution in [0.25, 0.3) is 0 Å². The minimum atomic E-state index is -1.41. The second-order valence-corrected chi connectivity index (χ2v) is 6.89. The minimum absolute atomic E-state index is 0.0430. The molecule has 0 aromatic heterocycles. The van der Waals surface area contributed by atoms with Gasteiger partial charge in [0.2, 0.25) is 0 Å². The van der Waals surface area contributed by atoms with Crippen molar-refractivity contribution in [2.45, 2.75) is 39.5 Å². The maximum Gasteiger partial charge on any atom is 0.173 e. The van der Waals surface area contributed by atoms with Gasteiger partial charge in [0.1, 0.15) is 23.2 Å². The van der Waals surface area contributed by atoms with Crippen molar-refractivity contribution in [2.24, 2.45) is 5.92 Å². The second kappa shape index (κ2) is 5.12. The third-order valence-electron chi connectivity index (χ3n) is 5.41. The summed E-state index contributed by atoms with van der Waals surface area (Å²) in [5.74, 6) is -4.15. The number of allylic oxidation sites excluding steroid dienone is 2. The van der Waals surface area contributed by atoms with E-state index in [0.29, 0.717) is 11.1 Å². The summed E-state index contributed by atoms with van der Waals surface area (Å²) in [7, 11) is 0. The quantitative estimate of drug-likeness (QED) is 0.625. The number of hydrogen-bond donors (Lipinski definition) is 2. The van der Waals surface area contributed by atoms with Crippen molar-refractivity contribution < 1.29 is 29.4 Å². The molecule has 2 N–H and O–H groups in total. The molecular weight excluding hydrogens is 324 g/mol. The molecule has 2 aliphatic rings. The fraction of sp³-hybridized carbons (Fsp3) is 0.368. The van der Waals surface area contributed by atoms with Gasteiger partial charge < -0.3 is 10.2 Å². The van der Waals surface area contributed by atoms with Crippen molar-refractivity contribution in [3.8, 4) is 11.5 Å². The first-order chi connectivity index (χ1) is 11.5. The maximum absolute atomic E-state index is 13.0. The Morgan fingerprint density at radius 1 is 1.16 bits per heavy atom. The number of fused-ring (bicyclic) bond motifs is 3. The molecule has 6 nitrogen and oxygen atoms in total. The van der Waals surface area contributed by atoms with Crippen molar-refractivity contribution in [3.63, 3.8) is 0 Å². The van der Waals surface area contributed by atoms with Crippen LogP contribution in [-0.4, -0.2) is 33.3 Å². The largest absolute Gasteiger partial charge is 0.507 e. The Morgan fingerprint density at radius 3 is 2.28 bits per heavy atom. The molecule has 0 spiro atoms. The smallest absolute Gasteiger partial charge is 0.173 e. The van der Waals surface area contributed by atoms with E-state index in [1.54, 1.807) is 6.92 Å². The zero-order chi connectivity index (χ0) is 18.8. The van der Waals surface area contributed by atoms with E-state index >= 15 is 0 Å². The predicted octanol–water partition coefficient (Wildman–Crippen LogP) is 1.71. The maximum atomic E-state index is 13.0. The lowest BCUT2D eigenvalue weighted by atomic mass is 9.66. The van der Waals surface area contributed by atoms with Gasteiger partial charge in [-0.25, -0.2) is 0 Å². The molecule has 130 valence electrons. The molecule has 0 aliphatic heterocycles. The first-order valence-electron chi connectivity index (χ1n) is 7.91. The van der Waals surface area contributed by atoms with Crippen LogP contribution in [0.1, 0.15) is 47.8 Å². The van der Waals surface area contributed by atoms with Gasteiger partial charge in [0.05, 0.1) is 11.0 Å². The Labute approximate surface area is 144 Å². The van der Waals surface area contributed by atoms with Gasteiger partial charge in [-0.2, -0.15) is 0 Å².